The van der Waals surface area contributed by atoms with Crippen LogP contribution in [-0.4, -0.2) is 11.7 Å². The van der Waals surface area contributed by atoms with Crippen LogP contribution in [0.1, 0.15) is 11.1 Å². The van der Waals surface area contributed by atoms with Gasteiger partial charge >= 0.3 is 0 Å². The fraction of sp³-hybridized carbons (Fsp3) is 0. The minimum atomic E-state index is 0.469. The average Bonchev–Trinajstić information content (AvgIpc) is 2.94. The van der Waals surface area contributed by atoms with Crippen LogP contribution in [0, 0.1) is 0 Å². The summed E-state index contributed by atoms with van der Waals surface area (Å²) in [5, 5.41) is 0.642. The number of amidine groups is 2. The Bertz CT molecular complexity index is 1480. The molecule has 5 heteroatoms. The van der Waals surface area contributed by atoms with E-state index in [0.29, 0.717) is 16.7 Å². The molecule has 0 aliphatic heterocycles. The fourth-order valence-electron chi connectivity index (χ4n) is 4.06. The lowest BCUT2D eigenvalue weighted by molar-refractivity contribution is 1.44. The molecule has 0 saturated heterocycles. The van der Waals surface area contributed by atoms with Gasteiger partial charge < -0.3 is 11.5 Å². The first-order valence-corrected chi connectivity index (χ1v) is 12.2. The minimum Gasteiger partial charge on any atom is -0.383 e. The van der Waals surface area contributed by atoms with E-state index >= 15 is 0 Å². The van der Waals surface area contributed by atoms with Crippen LogP contribution < -0.4 is 11.5 Å². The third-order valence-corrected chi connectivity index (χ3v) is 6.11. The van der Waals surface area contributed by atoms with Crippen molar-refractivity contribution in [1.82, 2.24) is 0 Å². The first kappa shape index (κ1) is 24.0. The number of halogens is 1. The Kier molecular flexibility index (Phi) is 7.11. The van der Waals surface area contributed by atoms with Gasteiger partial charge in [0, 0.05) is 16.1 Å². The average molecular weight is 501 g/mol. The lowest BCUT2D eigenvalue weighted by Crippen LogP contribution is -2.12. The highest BCUT2D eigenvalue weighted by Gasteiger charge is 2.07. The smallest absolute Gasteiger partial charge is 0.131 e. The molecule has 5 aromatic rings. The van der Waals surface area contributed by atoms with E-state index in [1.807, 2.05) is 121 Å². The third kappa shape index (κ3) is 5.95. The zero-order valence-corrected chi connectivity index (χ0v) is 20.8. The topological polar surface area (TPSA) is 76.8 Å². The van der Waals surface area contributed by atoms with E-state index in [4.69, 9.17) is 23.1 Å². The normalized spacial score (nSPS) is 11.9. The Hall–Kier alpha value is -4.67. The summed E-state index contributed by atoms with van der Waals surface area (Å²) < 4.78 is 0. The Labute approximate surface area is 221 Å². The Morgan fingerprint density at radius 3 is 1.32 bits per heavy atom. The lowest BCUT2D eigenvalue weighted by atomic mass is 9.98. The van der Waals surface area contributed by atoms with E-state index in [1.165, 1.54) is 0 Å². The Balaban J connectivity index is 1.47. The standard InChI is InChI=1S/C32H25ClN4/c33-28-18-26(24-13-7-15-29(20-24)36-31(34)22-9-3-1-4-10-22)17-27(19-28)25-14-8-16-30(21-25)37-32(35)23-11-5-2-6-12-23/h1-21H,(H2,34,36)(H2,35,37). The van der Waals surface area contributed by atoms with Gasteiger partial charge in [0.25, 0.3) is 0 Å². The van der Waals surface area contributed by atoms with Crippen molar-refractivity contribution in [2.24, 2.45) is 21.5 Å². The molecule has 0 atom stereocenters. The molecule has 0 aliphatic carbocycles. The van der Waals surface area contributed by atoms with Gasteiger partial charge in [0.15, 0.2) is 0 Å². The maximum atomic E-state index is 6.56. The maximum Gasteiger partial charge on any atom is 0.131 e. The predicted octanol–water partition coefficient (Wildman–Crippen LogP) is 7.75. The monoisotopic (exact) mass is 500 g/mol. The highest BCUT2D eigenvalue weighted by atomic mass is 35.5. The van der Waals surface area contributed by atoms with Gasteiger partial charge in [0.1, 0.15) is 11.7 Å². The first-order valence-electron chi connectivity index (χ1n) is 11.9. The van der Waals surface area contributed by atoms with E-state index in [2.05, 4.69) is 16.1 Å². The summed E-state index contributed by atoms with van der Waals surface area (Å²) in [4.78, 5) is 9.23. The zero-order valence-electron chi connectivity index (χ0n) is 20.1. The molecule has 5 aromatic carbocycles. The van der Waals surface area contributed by atoms with Crippen LogP contribution in [0.3, 0.4) is 0 Å². The molecule has 0 amide bonds. The van der Waals surface area contributed by atoms with Gasteiger partial charge in [-0.05, 0) is 64.7 Å². The molecule has 0 fully saturated rings. The highest BCUT2D eigenvalue weighted by Crippen LogP contribution is 2.33. The summed E-state index contributed by atoms with van der Waals surface area (Å²) in [5.41, 5.74) is 19.7. The predicted molar refractivity (Wildman–Crippen MR) is 156 cm³/mol. The molecule has 0 saturated carbocycles. The van der Waals surface area contributed by atoms with Crippen LogP contribution in [0.4, 0.5) is 11.4 Å². The molecule has 0 spiro atoms. The number of benzene rings is 5. The van der Waals surface area contributed by atoms with Gasteiger partial charge in [-0.3, -0.25) is 0 Å². The van der Waals surface area contributed by atoms with E-state index < -0.39 is 0 Å². The van der Waals surface area contributed by atoms with Crippen molar-refractivity contribution in [2.45, 2.75) is 0 Å². The molecule has 0 aromatic heterocycles. The fourth-order valence-corrected chi connectivity index (χ4v) is 4.29. The third-order valence-electron chi connectivity index (χ3n) is 5.89. The summed E-state index contributed by atoms with van der Waals surface area (Å²) >= 11 is 6.56. The molecule has 180 valence electrons. The molecule has 0 bridgehead atoms. The SMILES string of the molecule is NC(=Nc1cccc(-c2cc(Cl)cc(-c3cccc(N=C(N)c4ccccc4)c3)c2)c1)c1ccccc1. The number of nitrogens with two attached hydrogens (primary N) is 2. The van der Waals surface area contributed by atoms with Crippen LogP contribution in [0.25, 0.3) is 22.3 Å². The summed E-state index contributed by atoms with van der Waals surface area (Å²) in [6.45, 7) is 0. The number of nitrogens with zero attached hydrogens (tertiary/aromatic N) is 2. The number of hydrogen-bond acceptors (Lipinski definition) is 2. The minimum absolute atomic E-state index is 0.469. The van der Waals surface area contributed by atoms with E-state index in [1.54, 1.807) is 0 Å². The van der Waals surface area contributed by atoms with Crippen molar-refractivity contribution in [3.8, 4) is 22.3 Å². The quantitative estimate of drug-likeness (QED) is 0.185. The van der Waals surface area contributed by atoms with E-state index in [-0.39, 0.29) is 0 Å². The highest BCUT2D eigenvalue weighted by molar-refractivity contribution is 6.31. The van der Waals surface area contributed by atoms with Crippen LogP contribution in [0.2, 0.25) is 5.02 Å². The lowest BCUT2D eigenvalue weighted by Gasteiger charge is -2.10. The molecule has 4 N–H and O–H groups in total. The van der Waals surface area contributed by atoms with Gasteiger partial charge in [-0.15, -0.1) is 0 Å². The number of hydrogen-bond donors (Lipinski definition) is 2. The maximum absolute atomic E-state index is 6.56. The van der Waals surface area contributed by atoms with Gasteiger partial charge in [0.2, 0.25) is 0 Å². The van der Waals surface area contributed by atoms with Crippen LogP contribution in [0.15, 0.2) is 137 Å². The summed E-state index contributed by atoms with van der Waals surface area (Å²) in [6, 6.07) is 41.3. The summed E-state index contributed by atoms with van der Waals surface area (Å²) in [7, 11) is 0. The van der Waals surface area contributed by atoms with E-state index in [9.17, 15) is 0 Å². The molecular weight excluding hydrogens is 476 g/mol. The van der Waals surface area contributed by atoms with Crippen molar-refractivity contribution >= 4 is 34.6 Å². The molecule has 5 rings (SSSR count). The van der Waals surface area contributed by atoms with Gasteiger partial charge in [-0.1, -0.05) is 96.5 Å². The first-order chi connectivity index (χ1) is 18.0. The van der Waals surface area contributed by atoms with Crippen LogP contribution >= 0.6 is 11.6 Å². The van der Waals surface area contributed by atoms with Crippen molar-refractivity contribution in [3.05, 3.63) is 144 Å². The molecule has 4 nitrogen and oxygen atoms in total. The molecular formula is C32H25ClN4. The van der Waals surface area contributed by atoms with Crippen molar-refractivity contribution in [2.75, 3.05) is 0 Å². The summed E-state index contributed by atoms with van der Waals surface area (Å²) in [6.07, 6.45) is 0. The van der Waals surface area contributed by atoms with Crippen LogP contribution in [-0.2, 0) is 0 Å². The largest absolute Gasteiger partial charge is 0.383 e. The Morgan fingerprint density at radius 2 is 0.892 bits per heavy atom. The van der Waals surface area contributed by atoms with Gasteiger partial charge in [-0.2, -0.15) is 0 Å². The summed E-state index contributed by atoms with van der Waals surface area (Å²) in [5.74, 6) is 0.938. The van der Waals surface area contributed by atoms with Crippen molar-refractivity contribution in [1.29, 1.82) is 0 Å². The van der Waals surface area contributed by atoms with Crippen LogP contribution in [0.5, 0.6) is 0 Å². The second-order valence-corrected chi connectivity index (χ2v) is 8.99. The molecule has 0 radical (unpaired) electrons. The van der Waals surface area contributed by atoms with E-state index in [0.717, 1.165) is 44.8 Å². The zero-order chi connectivity index (χ0) is 25.6. The second-order valence-electron chi connectivity index (χ2n) is 8.56. The molecule has 0 aliphatic rings. The van der Waals surface area contributed by atoms with Crippen molar-refractivity contribution in [3.63, 3.8) is 0 Å². The molecule has 0 heterocycles. The molecule has 37 heavy (non-hydrogen) atoms. The van der Waals surface area contributed by atoms with Gasteiger partial charge in [-0.25, -0.2) is 9.98 Å². The van der Waals surface area contributed by atoms with Crippen molar-refractivity contribution < 1.29 is 0 Å². The number of rotatable bonds is 6. The Morgan fingerprint density at radius 1 is 0.459 bits per heavy atom. The number of aliphatic imine (C=N–C) groups is 2. The second kappa shape index (κ2) is 10.9. The molecule has 0 unspecified atom stereocenters. The van der Waals surface area contributed by atoms with Gasteiger partial charge in [0.05, 0.1) is 11.4 Å².